The first-order valence-electron chi connectivity index (χ1n) is 6.22. The van der Waals surface area contributed by atoms with Crippen molar-refractivity contribution in [3.8, 4) is 0 Å². The second-order valence-electron chi connectivity index (χ2n) is 4.74. The summed E-state index contributed by atoms with van der Waals surface area (Å²) in [6.45, 7) is 2.20. The summed E-state index contributed by atoms with van der Waals surface area (Å²) < 4.78 is 3.21. The molecule has 0 saturated carbocycles. The van der Waals surface area contributed by atoms with E-state index in [4.69, 9.17) is 0 Å². The van der Waals surface area contributed by atoms with E-state index in [9.17, 15) is 4.79 Å². The van der Waals surface area contributed by atoms with E-state index in [1.165, 1.54) is 5.56 Å². The summed E-state index contributed by atoms with van der Waals surface area (Å²) >= 11 is 4.08. The predicted molar refractivity (Wildman–Crippen MR) is 92.9 cm³/mol. The molecule has 3 heteroatoms. The van der Waals surface area contributed by atoms with Gasteiger partial charge in [-0.3, -0.25) is 4.79 Å². The predicted octanol–water partition coefficient (Wildman–Crippen LogP) is 4.95. The van der Waals surface area contributed by atoms with Crippen LogP contribution in [0, 0.1) is 0 Å². The lowest BCUT2D eigenvalue weighted by Gasteiger charge is -2.09. The van der Waals surface area contributed by atoms with Gasteiger partial charge in [0.2, 0.25) is 0 Å². The SMILES string of the molecule is CC(CI)c1ccc2sc3ccccc3c(=O)c2c1. The summed E-state index contributed by atoms with van der Waals surface area (Å²) in [5.74, 6) is 0.487. The topological polar surface area (TPSA) is 17.1 Å². The number of hydrogen-bond donors (Lipinski definition) is 0. The zero-order valence-electron chi connectivity index (χ0n) is 10.5. The standard InChI is InChI=1S/C16H13IOS/c1-10(9-17)11-6-7-15-13(8-11)16(18)12-4-2-3-5-14(12)19-15/h2-8,10H,9H2,1H3. The second kappa shape index (κ2) is 5.21. The third kappa shape index (κ3) is 2.30. The molecule has 0 aliphatic carbocycles. The molecule has 1 heterocycles. The molecule has 0 aliphatic rings. The van der Waals surface area contributed by atoms with Crippen LogP contribution in [0.2, 0.25) is 0 Å². The summed E-state index contributed by atoms with van der Waals surface area (Å²) in [4.78, 5) is 12.6. The van der Waals surface area contributed by atoms with Gasteiger partial charge < -0.3 is 0 Å². The van der Waals surface area contributed by atoms with Crippen molar-refractivity contribution in [3.05, 3.63) is 58.3 Å². The molecule has 0 spiro atoms. The third-order valence-corrected chi connectivity index (χ3v) is 5.87. The van der Waals surface area contributed by atoms with E-state index in [1.54, 1.807) is 11.3 Å². The highest BCUT2D eigenvalue weighted by Gasteiger charge is 2.09. The van der Waals surface area contributed by atoms with Crippen molar-refractivity contribution in [2.24, 2.45) is 0 Å². The monoisotopic (exact) mass is 380 g/mol. The smallest absolute Gasteiger partial charge is 0.195 e. The molecule has 96 valence electrons. The molecule has 0 N–H and O–H groups in total. The fourth-order valence-corrected chi connectivity index (χ4v) is 3.78. The van der Waals surface area contributed by atoms with Crippen molar-refractivity contribution in [1.82, 2.24) is 0 Å². The number of hydrogen-bond acceptors (Lipinski definition) is 2. The van der Waals surface area contributed by atoms with E-state index in [0.717, 1.165) is 24.6 Å². The molecular weight excluding hydrogens is 367 g/mol. The Kier molecular flexibility index (Phi) is 3.58. The van der Waals surface area contributed by atoms with Crippen molar-refractivity contribution in [2.45, 2.75) is 12.8 Å². The molecule has 19 heavy (non-hydrogen) atoms. The van der Waals surface area contributed by atoms with E-state index in [0.29, 0.717) is 5.92 Å². The minimum atomic E-state index is 0.159. The normalized spacial score (nSPS) is 12.9. The highest BCUT2D eigenvalue weighted by atomic mass is 127. The Morgan fingerprint density at radius 2 is 1.84 bits per heavy atom. The number of halogens is 1. The Labute approximate surface area is 129 Å². The van der Waals surface area contributed by atoms with Gasteiger partial charge >= 0.3 is 0 Å². The maximum atomic E-state index is 12.6. The summed E-state index contributed by atoms with van der Waals surface area (Å²) in [6.07, 6.45) is 0. The number of fused-ring (bicyclic) bond motifs is 2. The molecular formula is C16H13IOS. The van der Waals surface area contributed by atoms with E-state index in [-0.39, 0.29) is 5.43 Å². The van der Waals surface area contributed by atoms with Crippen molar-refractivity contribution >= 4 is 54.1 Å². The summed E-state index contributed by atoms with van der Waals surface area (Å²) in [7, 11) is 0. The lowest BCUT2D eigenvalue weighted by molar-refractivity contribution is 0.898. The molecule has 0 radical (unpaired) electrons. The molecule has 0 fully saturated rings. The van der Waals surface area contributed by atoms with Gasteiger partial charge in [0.05, 0.1) is 0 Å². The minimum absolute atomic E-state index is 0.159. The van der Waals surface area contributed by atoms with Crippen LogP contribution < -0.4 is 5.43 Å². The molecule has 1 atom stereocenters. The first-order valence-corrected chi connectivity index (χ1v) is 8.56. The molecule has 3 rings (SSSR count). The largest absolute Gasteiger partial charge is 0.289 e. The van der Waals surface area contributed by atoms with E-state index in [1.807, 2.05) is 24.3 Å². The van der Waals surface area contributed by atoms with Gasteiger partial charge in [-0.2, -0.15) is 0 Å². The van der Waals surface area contributed by atoms with E-state index in [2.05, 4.69) is 47.7 Å². The van der Waals surface area contributed by atoms with Crippen LogP contribution in [0.1, 0.15) is 18.4 Å². The molecule has 1 aromatic heterocycles. The van der Waals surface area contributed by atoms with Gasteiger partial charge in [-0.1, -0.05) is 47.7 Å². The summed E-state index contributed by atoms with van der Waals surface area (Å²) in [6, 6.07) is 14.2. The van der Waals surface area contributed by atoms with Gasteiger partial charge in [-0.05, 0) is 35.7 Å². The fraction of sp³-hybridized carbons (Fsp3) is 0.188. The zero-order valence-corrected chi connectivity index (χ0v) is 13.5. The average Bonchev–Trinajstić information content (AvgIpc) is 2.46. The second-order valence-corrected chi connectivity index (χ2v) is 6.70. The van der Waals surface area contributed by atoms with Gasteiger partial charge in [0, 0.05) is 24.6 Å². The minimum Gasteiger partial charge on any atom is -0.289 e. The lowest BCUT2D eigenvalue weighted by Crippen LogP contribution is -2.02. The molecule has 0 aliphatic heterocycles. The van der Waals surface area contributed by atoms with Crippen LogP contribution in [0.25, 0.3) is 20.2 Å². The average molecular weight is 380 g/mol. The van der Waals surface area contributed by atoms with E-state index < -0.39 is 0 Å². The molecule has 2 aromatic carbocycles. The Bertz CT molecular complexity index is 807. The lowest BCUT2D eigenvalue weighted by atomic mass is 10.0. The highest BCUT2D eigenvalue weighted by molar-refractivity contribution is 14.1. The fourth-order valence-electron chi connectivity index (χ4n) is 2.22. The van der Waals surface area contributed by atoms with Crippen LogP contribution in [0.4, 0.5) is 0 Å². The quantitative estimate of drug-likeness (QED) is 0.349. The van der Waals surface area contributed by atoms with Crippen LogP contribution in [-0.4, -0.2) is 4.43 Å². The van der Waals surface area contributed by atoms with Crippen molar-refractivity contribution in [2.75, 3.05) is 4.43 Å². The van der Waals surface area contributed by atoms with Crippen molar-refractivity contribution in [1.29, 1.82) is 0 Å². The van der Waals surface area contributed by atoms with Gasteiger partial charge in [-0.25, -0.2) is 0 Å². The zero-order chi connectivity index (χ0) is 13.4. The Morgan fingerprint density at radius 3 is 2.63 bits per heavy atom. The van der Waals surface area contributed by atoms with E-state index >= 15 is 0 Å². The highest BCUT2D eigenvalue weighted by Crippen LogP contribution is 2.27. The van der Waals surface area contributed by atoms with Crippen LogP contribution in [-0.2, 0) is 0 Å². The van der Waals surface area contributed by atoms with Crippen molar-refractivity contribution in [3.63, 3.8) is 0 Å². The Morgan fingerprint density at radius 1 is 1.11 bits per heavy atom. The molecule has 0 amide bonds. The van der Waals surface area contributed by atoms with Gasteiger partial charge in [0.15, 0.2) is 5.43 Å². The number of rotatable bonds is 2. The summed E-state index contributed by atoms with van der Waals surface area (Å²) in [5.41, 5.74) is 1.41. The Hall–Kier alpha value is -0.940. The molecule has 1 unspecified atom stereocenters. The number of benzene rings is 2. The third-order valence-electron chi connectivity index (χ3n) is 3.40. The van der Waals surface area contributed by atoms with Crippen molar-refractivity contribution < 1.29 is 0 Å². The van der Waals surface area contributed by atoms with Crippen LogP contribution in [0.5, 0.6) is 0 Å². The molecule has 1 nitrogen and oxygen atoms in total. The van der Waals surface area contributed by atoms with Gasteiger partial charge in [0.25, 0.3) is 0 Å². The maximum Gasteiger partial charge on any atom is 0.195 e. The molecule has 3 aromatic rings. The van der Waals surface area contributed by atoms with Crippen LogP contribution in [0.3, 0.4) is 0 Å². The van der Waals surface area contributed by atoms with Gasteiger partial charge in [0.1, 0.15) is 0 Å². The van der Waals surface area contributed by atoms with Gasteiger partial charge in [-0.15, -0.1) is 11.3 Å². The molecule has 0 bridgehead atoms. The first kappa shape index (κ1) is 13.1. The maximum absolute atomic E-state index is 12.6. The van der Waals surface area contributed by atoms with Crippen LogP contribution >= 0.6 is 33.9 Å². The first-order chi connectivity index (χ1) is 9.20. The number of alkyl halides is 1. The van der Waals surface area contributed by atoms with Crippen LogP contribution in [0.15, 0.2) is 47.3 Å². The summed E-state index contributed by atoms with van der Waals surface area (Å²) in [5, 5.41) is 1.69. The molecule has 0 saturated heterocycles. The Balaban J connectivity index is 2.36.